The molecule has 0 aliphatic carbocycles. The van der Waals surface area contributed by atoms with Crippen LogP contribution in [0.3, 0.4) is 0 Å². The Balaban J connectivity index is 2.31. The largest absolute Gasteiger partial charge is 0.495 e. The molecule has 0 fully saturated rings. The van der Waals surface area contributed by atoms with Crippen molar-refractivity contribution >= 4 is 0 Å². The van der Waals surface area contributed by atoms with Crippen LogP contribution < -0.4 is 10.1 Å². The summed E-state index contributed by atoms with van der Waals surface area (Å²) in [6, 6.07) is 8.83. The molecule has 1 aromatic carbocycles. The highest BCUT2D eigenvalue weighted by Gasteiger charge is 2.16. The highest BCUT2D eigenvalue weighted by atomic mass is 16.5. The van der Waals surface area contributed by atoms with Gasteiger partial charge in [0, 0.05) is 17.8 Å². The summed E-state index contributed by atoms with van der Waals surface area (Å²) in [5, 5.41) is 3.38. The molecule has 3 heteroatoms. The van der Waals surface area contributed by atoms with E-state index in [0.717, 1.165) is 17.7 Å². The Morgan fingerprint density at radius 1 is 1.25 bits per heavy atom. The number of hydrogen-bond acceptors (Lipinski definition) is 3. The molecule has 1 heterocycles. The van der Waals surface area contributed by atoms with Crippen molar-refractivity contribution < 1.29 is 4.74 Å². The van der Waals surface area contributed by atoms with Crippen molar-refractivity contribution in [3.8, 4) is 5.75 Å². The average molecular weight is 270 g/mol. The van der Waals surface area contributed by atoms with Crippen LogP contribution in [0.15, 0.2) is 36.7 Å². The summed E-state index contributed by atoms with van der Waals surface area (Å²) in [5.41, 5.74) is 5.13. The molecule has 106 valence electrons. The molecule has 0 radical (unpaired) electrons. The van der Waals surface area contributed by atoms with Gasteiger partial charge in [-0.15, -0.1) is 0 Å². The predicted octanol–water partition coefficient (Wildman–Crippen LogP) is 3.21. The number of aryl methyl sites for hydroxylation is 2. The Morgan fingerprint density at radius 2 is 2.05 bits per heavy atom. The Kier molecular flexibility index (Phi) is 4.74. The van der Waals surface area contributed by atoms with Gasteiger partial charge in [-0.2, -0.15) is 0 Å². The molecule has 1 unspecified atom stereocenters. The van der Waals surface area contributed by atoms with E-state index < -0.39 is 0 Å². The number of rotatable bonds is 5. The van der Waals surface area contributed by atoms with E-state index in [1.165, 1.54) is 16.7 Å². The number of nitrogens with one attached hydrogen (secondary N) is 1. The lowest BCUT2D eigenvalue weighted by Crippen LogP contribution is -2.20. The summed E-state index contributed by atoms with van der Waals surface area (Å²) < 4.78 is 5.42. The molecule has 0 saturated carbocycles. The predicted molar refractivity (Wildman–Crippen MR) is 82.2 cm³/mol. The van der Waals surface area contributed by atoms with Gasteiger partial charge >= 0.3 is 0 Å². The summed E-state index contributed by atoms with van der Waals surface area (Å²) in [7, 11) is 3.67. The van der Waals surface area contributed by atoms with Crippen molar-refractivity contribution in [2.24, 2.45) is 0 Å². The first-order valence-corrected chi connectivity index (χ1v) is 6.87. The fourth-order valence-corrected chi connectivity index (χ4v) is 2.46. The number of likely N-dealkylation sites (N-methyl/N-ethyl adjacent to an activating group) is 1. The number of ether oxygens (including phenoxy) is 1. The standard InChI is InChI=1S/C17H22N2O/c1-12-5-6-13(2)14(9-12)10-16(18-3)15-7-8-19-11-17(15)20-4/h5-9,11,16,18H,10H2,1-4H3. The number of methoxy groups -OCH3 is 1. The minimum atomic E-state index is 0.216. The van der Waals surface area contributed by atoms with Crippen LogP contribution in [0.4, 0.5) is 0 Å². The third-order valence-electron chi connectivity index (χ3n) is 3.69. The summed E-state index contributed by atoms with van der Waals surface area (Å²) in [5.74, 6) is 0.831. The molecule has 20 heavy (non-hydrogen) atoms. The van der Waals surface area contributed by atoms with Crippen molar-refractivity contribution in [1.29, 1.82) is 0 Å². The first-order valence-electron chi connectivity index (χ1n) is 6.87. The summed E-state index contributed by atoms with van der Waals surface area (Å²) in [4.78, 5) is 4.12. The number of aromatic nitrogens is 1. The molecule has 1 atom stereocenters. The van der Waals surface area contributed by atoms with Gasteiger partial charge in [-0.1, -0.05) is 23.8 Å². The molecular formula is C17H22N2O. The van der Waals surface area contributed by atoms with Gasteiger partial charge in [0.15, 0.2) is 0 Å². The van der Waals surface area contributed by atoms with Crippen molar-refractivity contribution in [3.63, 3.8) is 0 Å². The lowest BCUT2D eigenvalue weighted by molar-refractivity contribution is 0.399. The number of nitrogens with zero attached hydrogens (tertiary/aromatic N) is 1. The third-order valence-corrected chi connectivity index (χ3v) is 3.69. The van der Waals surface area contributed by atoms with Crippen LogP contribution in [0.25, 0.3) is 0 Å². The van der Waals surface area contributed by atoms with Gasteiger partial charge in [0.2, 0.25) is 0 Å². The SMILES string of the molecule is CNC(Cc1cc(C)ccc1C)c1ccncc1OC. The maximum atomic E-state index is 5.42. The molecular weight excluding hydrogens is 248 g/mol. The van der Waals surface area contributed by atoms with Gasteiger partial charge in [-0.05, 0) is 44.5 Å². The van der Waals surface area contributed by atoms with Crippen LogP contribution in [0.5, 0.6) is 5.75 Å². The topological polar surface area (TPSA) is 34.2 Å². The summed E-state index contributed by atoms with van der Waals surface area (Å²) in [6.07, 6.45) is 4.51. The fraction of sp³-hybridized carbons (Fsp3) is 0.353. The zero-order valence-electron chi connectivity index (χ0n) is 12.6. The van der Waals surface area contributed by atoms with Gasteiger partial charge in [0.05, 0.1) is 13.3 Å². The van der Waals surface area contributed by atoms with Crippen molar-refractivity contribution in [3.05, 3.63) is 58.9 Å². The second-order valence-electron chi connectivity index (χ2n) is 5.09. The zero-order chi connectivity index (χ0) is 14.5. The van der Waals surface area contributed by atoms with Crippen molar-refractivity contribution in [2.45, 2.75) is 26.3 Å². The molecule has 3 nitrogen and oxygen atoms in total. The zero-order valence-corrected chi connectivity index (χ0v) is 12.6. The van der Waals surface area contributed by atoms with E-state index >= 15 is 0 Å². The number of pyridine rings is 1. The summed E-state index contributed by atoms with van der Waals surface area (Å²) in [6.45, 7) is 4.29. The van der Waals surface area contributed by atoms with E-state index in [1.807, 2.05) is 19.3 Å². The van der Waals surface area contributed by atoms with Crippen LogP contribution in [0.2, 0.25) is 0 Å². The molecule has 0 amide bonds. The molecule has 1 aromatic heterocycles. The summed E-state index contributed by atoms with van der Waals surface area (Å²) >= 11 is 0. The van der Waals surface area contributed by atoms with E-state index in [0.29, 0.717) is 0 Å². The Hall–Kier alpha value is -1.87. The van der Waals surface area contributed by atoms with E-state index in [2.05, 4.69) is 42.3 Å². The van der Waals surface area contributed by atoms with Gasteiger partial charge in [-0.25, -0.2) is 0 Å². The van der Waals surface area contributed by atoms with Gasteiger partial charge < -0.3 is 10.1 Å². The van der Waals surface area contributed by atoms with Crippen molar-refractivity contribution in [1.82, 2.24) is 10.3 Å². The minimum Gasteiger partial charge on any atom is -0.495 e. The first kappa shape index (κ1) is 14.5. The molecule has 0 saturated heterocycles. The van der Waals surface area contributed by atoms with Crippen LogP contribution in [-0.2, 0) is 6.42 Å². The van der Waals surface area contributed by atoms with Crippen LogP contribution in [0.1, 0.15) is 28.3 Å². The maximum absolute atomic E-state index is 5.42. The smallest absolute Gasteiger partial charge is 0.141 e. The second kappa shape index (κ2) is 6.53. The Labute approximate surface area is 121 Å². The minimum absolute atomic E-state index is 0.216. The highest BCUT2D eigenvalue weighted by molar-refractivity contribution is 5.37. The van der Waals surface area contributed by atoms with E-state index in [4.69, 9.17) is 4.74 Å². The quantitative estimate of drug-likeness (QED) is 0.906. The highest BCUT2D eigenvalue weighted by Crippen LogP contribution is 2.27. The number of benzene rings is 1. The van der Waals surface area contributed by atoms with E-state index in [-0.39, 0.29) is 6.04 Å². The monoisotopic (exact) mass is 270 g/mol. The third kappa shape index (κ3) is 3.17. The first-order chi connectivity index (χ1) is 9.65. The molecule has 0 aliphatic heterocycles. The molecule has 0 aliphatic rings. The van der Waals surface area contributed by atoms with Crippen LogP contribution in [-0.4, -0.2) is 19.1 Å². The van der Waals surface area contributed by atoms with E-state index in [9.17, 15) is 0 Å². The molecule has 0 spiro atoms. The fourth-order valence-electron chi connectivity index (χ4n) is 2.46. The molecule has 2 rings (SSSR count). The molecule has 1 N–H and O–H groups in total. The Morgan fingerprint density at radius 3 is 2.75 bits per heavy atom. The molecule has 0 bridgehead atoms. The van der Waals surface area contributed by atoms with Crippen LogP contribution >= 0.6 is 0 Å². The van der Waals surface area contributed by atoms with Crippen molar-refractivity contribution in [2.75, 3.05) is 14.2 Å². The van der Waals surface area contributed by atoms with Crippen LogP contribution in [0, 0.1) is 13.8 Å². The number of hydrogen-bond donors (Lipinski definition) is 1. The van der Waals surface area contributed by atoms with Gasteiger partial charge in [0.25, 0.3) is 0 Å². The average Bonchev–Trinajstić information content (AvgIpc) is 2.48. The van der Waals surface area contributed by atoms with E-state index in [1.54, 1.807) is 13.3 Å². The maximum Gasteiger partial charge on any atom is 0.141 e. The molecule has 2 aromatic rings. The van der Waals surface area contributed by atoms with Gasteiger partial charge in [-0.3, -0.25) is 4.98 Å². The normalized spacial score (nSPS) is 12.2. The second-order valence-corrected chi connectivity index (χ2v) is 5.09. The van der Waals surface area contributed by atoms with Gasteiger partial charge in [0.1, 0.15) is 5.75 Å². The lowest BCUT2D eigenvalue weighted by atomic mass is 9.95. The lowest BCUT2D eigenvalue weighted by Gasteiger charge is -2.20. The Bertz CT molecular complexity index is 581.